The van der Waals surface area contributed by atoms with Crippen LogP contribution in [0.15, 0.2) is 42.5 Å². The fourth-order valence-corrected chi connectivity index (χ4v) is 4.41. The molecule has 160 valence electrons. The smallest absolute Gasteiger partial charge is 0.312 e. The summed E-state index contributed by atoms with van der Waals surface area (Å²) in [6.07, 6.45) is 1.37. The van der Waals surface area contributed by atoms with Gasteiger partial charge in [-0.2, -0.15) is 0 Å². The highest BCUT2D eigenvalue weighted by Gasteiger charge is 2.34. The molecule has 0 spiro atoms. The lowest BCUT2D eigenvalue weighted by molar-refractivity contribution is -0.119. The van der Waals surface area contributed by atoms with Gasteiger partial charge in [-0.15, -0.1) is 10.2 Å². The highest BCUT2D eigenvalue weighted by molar-refractivity contribution is 7.18. The van der Waals surface area contributed by atoms with Gasteiger partial charge < -0.3 is 10.2 Å². The lowest BCUT2D eigenvalue weighted by Gasteiger charge is -2.24. The van der Waals surface area contributed by atoms with E-state index in [0.29, 0.717) is 28.1 Å². The van der Waals surface area contributed by atoms with Crippen molar-refractivity contribution >= 4 is 45.7 Å². The van der Waals surface area contributed by atoms with Gasteiger partial charge in [-0.25, -0.2) is 4.79 Å². The van der Waals surface area contributed by atoms with Gasteiger partial charge in [0.1, 0.15) is 11.0 Å². The number of aryl methyl sites for hydroxylation is 1. The summed E-state index contributed by atoms with van der Waals surface area (Å²) in [5, 5.41) is 15.7. The SMILES string of the molecule is Cc1cccc(NC(=O)N2CCCC2C(=O)Nc2nnc(-c3ccc(Cl)cc3)s2)c1C. The quantitative estimate of drug-likeness (QED) is 0.572. The second-order valence-electron chi connectivity index (χ2n) is 7.44. The van der Waals surface area contributed by atoms with E-state index in [1.807, 2.05) is 44.2 Å². The van der Waals surface area contributed by atoms with Gasteiger partial charge in [0.05, 0.1) is 0 Å². The molecule has 1 saturated heterocycles. The number of nitrogens with zero attached hydrogens (tertiary/aromatic N) is 3. The molecule has 3 amide bonds. The molecule has 2 N–H and O–H groups in total. The fraction of sp³-hybridized carbons (Fsp3) is 0.273. The molecule has 3 aromatic rings. The fourth-order valence-electron chi connectivity index (χ4n) is 3.53. The second kappa shape index (κ2) is 9.03. The van der Waals surface area contributed by atoms with Crippen LogP contribution in [-0.2, 0) is 4.79 Å². The zero-order chi connectivity index (χ0) is 22.0. The van der Waals surface area contributed by atoms with Crippen molar-refractivity contribution in [2.24, 2.45) is 0 Å². The number of benzene rings is 2. The molecule has 1 aliphatic heterocycles. The molecule has 9 heteroatoms. The van der Waals surface area contributed by atoms with Crippen LogP contribution in [0.5, 0.6) is 0 Å². The Labute approximate surface area is 189 Å². The minimum atomic E-state index is -0.548. The van der Waals surface area contributed by atoms with Crippen molar-refractivity contribution in [3.63, 3.8) is 0 Å². The Morgan fingerprint density at radius 2 is 1.87 bits per heavy atom. The Balaban J connectivity index is 1.43. The second-order valence-corrected chi connectivity index (χ2v) is 8.85. The first-order valence-corrected chi connectivity index (χ1v) is 11.2. The molecule has 1 aliphatic rings. The molecule has 31 heavy (non-hydrogen) atoms. The Bertz CT molecular complexity index is 1120. The van der Waals surface area contributed by atoms with Crippen LogP contribution in [0.2, 0.25) is 5.02 Å². The number of hydrogen-bond donors (Lipinski definition) is 2. The monoisotopic (exact) mass is 455 g/mol. The summed E-state index contributed by atoms with van der Waals surface area (Å²) in [5.41, 5.74) is 3.74. The number of amides is 3. The zero-order valence-electron chi connectivity index (χ0n) is 17.2. The van der Waals surface area contributed by atoms with E-state index in [-0.39, 0.29) is 11.9 Å². The molecular weight excluding hydrogens is 434 g/mol. The molecule has 0 aliphatic carbocycles. The topological polar surface area (TPSA) is 87.2 Å². The van der Waals surface area contributed by atoms with Crippen LogP contribution in [0.1, 0.15) is 24.0 Å². The maximum Gasteiger partial charge on any atom is 0.322 e. The number of urea groups is 1. The molecular formula is C22H22ClN5O2S. The average Bonchev–Trinajstić information content (AvgIpc) is 3.42. The van der Waals surface area contributed by atoms with Crippen LogP contribution in [-0.4, -0.2) is 39.6 Å². The van der Waals surface area contributed by atoms with E-state index in [1.165, 1.54) is 11.3 Å². The minimum absolute atomic E-state index is 0.257. The Morgan fingerprint density at radius 1 is 1.10 bits per heavy atom. The summed E-state index contributed by atoms with van der Waals surface area (Å²) in [7, 11) is 0. The van der Waals surface area contributed by atoms with E-state index in [1.54, 1.807) is 17.0 Å². The van der Waals surface area contributed by atoms with Crippen LogP contribution in [0.4, 0.5) is 15.6 Å². The first-order chi connectivity index (χ1) is 14.9. The molecule has 1 atom stereocenters. The lowest BCUT2D eigenvalue weighted by atomic mass is 10.1. The third-order valence-electron chi connectivity index (χ3n) is 5.41. The summed E-state index contributed by atoms with van der Waals surface area (Å²) in [4.78, 5) is 27.3. The molecule has 2 heterocycles. The van der Waals surface area contributed by atoms with Gasteiger partial charge in [0.25, 0.3) is 0 Å². The number of aromatic nitrogens is 2. The van der Waals surface area contributed by atoms with E-state index >= 15 is 0 Å². The van der Waals surface area contributed by atoms with E-state index in [4.69, 9.17) is 11.6 Å². The molecule has 0 saturated carbocycles. The van der Waals surface area contributed by atoms with Crippen LogP contribution in [0, 0.1) is 13.8 Å². The largest absolute Gasteiger partial charge is 0.322 e. The molecule has 4 rings (SSSR count). The summed E-state index contributed by atoms with van der Waals surface area (Å²) < 4.78 is 0. The first kappa shape index (κ1) is 21.3. The number of anilines is 2. The maximum absolute atomic E-state index is 12.9. The van der Waals surface area contributed by atoms with Crippen LogP contribution in [0.3, 0.4) is 0 Å². The summed E-state index contributed by atoms with van der Waals surface area (Å²) >= 11 is 7.20. The third-order valence-corrected chi connectivity index (χ3v) is 6.55. The first-order valence-electron chi connectivity index (χ1n) is 9.96. The van der Waals surface area contributed by atoms with Crippen molar-refractivity contribution in [2.45, 2.75) is 32.7 Å². The van der Waals surface area contributed by atoms with Gasteiger partial charge in [-0.1, -0.05) is 47.2 Å². The van der Waals surface area contributed by atoms with Gasteiger partial charge in [-0.3, -0.25) is 10.1 Å². The molecule has 0 radical (unpaired) electrons. The predicted molar refractivity (Wildman–Crippen MR) is 124 cm³/mol. The molecule has 1 aromatic heterocycles. The third kappa shape index (κ3) is 4.70. The minimum Gasteiger partial charge on any atom is -0.312 e. The Kier molecular flexibility index (Phi) is 6.20. The van der Waals surface area contributed by atoms with Gasteiger partial charge in [0.15, 0.2) is 0 Å². The van der Waals surface area contributed by atoms with Crippen LogP contribution >= 0.6 is 22.9 Å². The Hall–Kier alpha value is -2.97. The standard InChI is InChI=1S/C22H22ClN5O2S/c1-13-5-3-6-17(14(13)2)24-22(30)28-12-4-7-18(28)19(29)25-21-27-26-20(31-21)15-8-10-16(23)11-9-15/h3,5-6,8-11,18H,4,7,12H2,1-2H3,(H,24,30)(H,25,27,29). The predicted octanol–water partition coefficient (Wildman–Crippen LogP) is 5.11. The molecule has 1 fully saturated rings. The molecule has 2 aromatic carbocycles. The number of carbonyl (C=O) groups excluding carboxylic acids is 2. The summed E-state index contributed by atoms with van der Waals surface area (Å²) in [6, 6.07) is 12.2. The highest BCUT2D eigenvalue weighted by atomic mass is 35.5. The van der Waals surface area contributed by atoms with E-state index in [0.717, 1.165) is 28.8 Å². The van der Waals surface area contributed by atoms with Crippen molar-refractivity contribution in [1.82, 2.24) is 15.1 Å². The van der Waals surface area contributed by atoms with Crippen LogP contribution < -0.4 is 10.6 Å². The van der Waals surface area contributed by atoms with Crippen molar-refractivity contribution in [3.05, 3.63) is 58.6 Å². The zero-order valence-corrected chi connectivity index (χ0v) is 18.8. The van der Waals surface area contributed by atoms with Gasteiger partial charge in [0.2, 0.25) is 11.0 Å². The van der Waals surface area contributed by atoms with Crippen molar-refractivity contribution in [1.29, 1.82) is 0 Å². The summed E-state index contributed by atoms with van der Waals surface area (Å²) in [6.45, 7) is 4.49. The maximum atomic E-state index is 12.9. The number of carbonyl (C=O) groups is 2. The number of nitrogens with one attached hydrogen (secondary N) is 2. The van der Waals surface area contributed by atoms with E-state index in [2.05, 4.69) is 20.8 Å². The van der Waals surface area contributed by atoms with Gasteiger partial charge in [0, 0.05) is 22.8 Å². The van der Waals surface area contributed by atoms with Gasteiger partial charge >= 0.3 is 6.03 Å². The van der Waals surface area contributed by atoms with Crippen LogP contribution in [0.25, 0.3) is 10.6 Å². The molecule has 7 nitrogen and oxygen atoms in total. The number of likely N-dealkylation sites (tertiary alicyclic amines) is 1. The number of hydrogen-bond acceptors (Lipinski definition) is 5. The lowest BCUT2D eigenvalue weighted by Crippen LogP contribution is -2.45. The van der Waals surface area contributed by atoms with Crippen molar-refractivity contribution in [2.75, 3.05) is 17.2 Å². The normalized spacial score (nSPS) is 15.7. The molecule has 0 bridgehead atoms. The molecule has 1 unspecified atom stereocenters. The summed E-state index contributed by atoms with van der Waals surface area (Å²) in [5.74, 6) is -0.257. The average molecular weight is 456 g/mol. The van der Waals surface area contributed by atoms with E-state index < -0.39 is 6.04 Å². The van der Waals surface area contributed by atoms with E-state index in [9.17, 15) is 9.59 Å². The van der Waals surface area contributed by atoms with Gasteiger partial charge in [-0.05, 0) is 56.0 Å². The Morgan fingerprint density at radius 3 is 2.65 bits per heavy atom. The van der Waals surface area contributed by atoms with Crippen molar-refractivity contribution in [3.8, 4) is 10.6 Å². The number of rotatable bonds is 4. The highest BCUT2D eigenvalue weighted by Crippen LogP contribution is 2.28. The number of halogens is 1. The van der Waals surface area contributed by atoms with Crippen molar-refractivity contribution < 1.29 is 9.59 Å².